The molecule has 1 aliphatic heterocycles. The smallest absolute Gasteiger partial charge is 0.460 e. The molecule has 0 radical (unpaired) electrons. The second-order valence-corrected chi connectivity index (χ2v) is 14.7. The van der Waals surface area contributed by atoms with Crippen LogP contribution in [0.3, 0.4) is 0 Å². The minimum atomic E-state index is -0.683. The van der Waals surface area contributed by atoms with Crippen molar-refractivity contribution in [1.29, 1.82) is 0 Å². The van der Waals surface area contributed by atoms with E-state index in [1.807, 2.05) is 20.8 Å². The van der Waals surface area contributed by atoms with E-state index in [0.29, 0.717) is 30.7 Å². The lowest BCUT2D eigenvalue weighted by Crippen LogP contribution is -2.65. The van der Waals surface area contributed by atoms with Gasteiger partial charge in [0.2, 0.25) is 11.8 Å². The molecule has 8 nitrogen and oxygen atoms in total. The van der Waals surface area contributed by atoms with Crippen molar-refractivity contribution < 1.29 is 28.4 Å². The summed E-state index contributed by atoms with van der Waals surface area (Å²) in [5.41, 5.74) is -0.786. The standard InChI is InChI=1S/C31H55BN2O6/c1-10-11-12-15-33-26(35)14-13-21(17-27(36)38-29(4,5)6)28(37)34-25(16-20(2)3)32-39-24-19-22-18-23(30(22,7)8)31(24,9)40-32/h20-25H,10-19H2,1-9H3,(H,33,35)(H,34,37)/t21-,22-,23-,24-,25+,31+/m1/s1. The number of rotatable bonds is 14. The third-order valence-corrected chi connectivity index (χ3v) is 9.38. The average Bonchev–Trinajstić information content (AvgIpc) is 3.19. The minimum absolute atomic E-state index is 0.0230. The quantitative estimate of drug-likeness (QED) is 0.171. The molecule has 2 bridgehead atoms. The molecule has 40 heavy (non-hydrogen) atoms. The van der Waals surface area contributed by atoms with Gasteiger partial charge in [-0.15, -0.1) is 0 Å². The van der Waals surface area contributed by atoms with E-state index in [1.165, 1.54) is 0 Å². The fraction of sp³-hybridized carbons (Fsp3) is 0.903. The molecule has 0 unspecified atom stereocenters. The van der Waals surface area contributed by atoms with Gasteiger partial charge in [-0.05, 0) is 83.0 Å². The lowest BCUT2D eigenvalue weighted by molar-refractivity contribution is -0.199. The number of esters is 1. The van der Waals surface area contributed by atoms with Crippen LogP contribution in [0.4, 0.5) is 0 Å². The van der Waals surface area contributed by atoms with E-state index >= 15 is 0 Å². The second-order valence-electron chi connectivity index (χ2n) is 14.7. The number of hydrogen-bond donors (Lipinski definition) is 2. The molecule has 1 saturated heterocycles. The Morgan fingerprint density at radius 3 is 2.40 bits per heavy atom. The van der Waals surface area contributed by atoms with Gasteiger partial charge in [-0.25, -0.2) is 0 Å². The zero-order valence-corrected chi connectivity index (χ0v) is 26.6. The monoisotopic (exact) mass is 562 g/mol. The number of amides is 2. The molecule has 2 amide bonds. The van der Waals surface area contributed by atoms with Crippen LogP contribution < -0.4 is 10.6 Å². The fourth-order valence-electron chi connectivity index (χ4n) is 7.02. The summed E-state index contributed by atoms with van der Waals surface area (Å²) in [7, 11) is -0.541. The number of unbranched alkanes of at least 4 members (excludes halogenated alkanes) is 2. The Hall–Kier alpha value is -1.61. The molecule has 4 fully saturated rings. The SMILES string of the molecule is CCCCCNC(=O)CC[C@H](CC(=O)OC(C)(C)C)C(=O)N[C@@H](CC(C)C)B1O[C@@H]2C[C@H]3C[C@H](C3(C)C)[C@]2(C)O1. The summed E-state index contributed by atoms with van der Waals surface area (Å²) in [6.07, 6.45) is 6.29. The Morgan fingerprint density at radius 1 is 1.10 bits per heavy atom. The molecule has 0 aromatic rings. The van der Waals surface area contributed by atoms with Crippen LogP contribution in [0.2, 0.25) is 0 Å². The molecule has 0 aromatic carbocycles. The normalized spacial score (nSPS) is 28.4. The molecular weight excluding hydrogens is 507 g/mol. The average molecular weight is 563 g/mol. The number of nitrogens with one attached hydrogen (secondary N) is 2. The van der Waals surface area contributed by atoms with Crippen LogP contribution in [0.25, 0.3) is 0 Å². The minimum Gasteiger partial charge on any atom is -0.460 e. The first kappa shape index (κ1) is 32.9. The van der Waals surface area contributed by atoms with E-state index in [0.717, 1.165) is 32.1 Å². The van der Waals surface area contributed by atoms with Crippen LogP contribution in [0, 0.1) is 29.1 Å². The Kier molecular flexibility index (Phi) is 10.8. The van der Waals surface area contributed by atoms with Crippen LogP contribution in [-0.2, 0) is 28.4 Å². The number of carbonyl (C=O) groups excluding carboxylic acids is 3. The lowest BCUT2D eigenvalue weighted by Gasteiger charge is -2.64. The van der Waals surface area contributed by atoms with E-state index in [2.05, 4.69) is 52.2 Å². The molecule has 9 heteroatoms. The largest absolute Gasteiger partial charge is 0.481 e. The van der Waals surface area contributed by atoms with E-state index in [1.54, 1.807) is 0 Å². The van der Waals surface area contributed by atoms with Crippen molar-refractivity contribution in [3.63, 3.8) is 0 Å². The number of hydrogen-bond acceptors (Lipinski definition) is 6. The van der Waals surface area contributed by atoms with Gasteiger partial charge in [0.1, 0.15) is 5.60 Å². The maximum Gasteiger partial charge on any atom is 0.481 e. The summed E-state index contributed by atoms with van der Waals surface area (Å²) in [4.78, 5) is 38.9. The van der Waals surface area contributed by atoms with Gasteiger partial charge >= 0.3 is 13.1 Å². The zero-order valence-electron chi connectivity index (χ0n) is 26.6. The Bertz CT molecular complexity index is 903. The highest BCUT2D eigenvalue weighted by atomic mass is 16.7. The van der Waals surface area contributed by atoms with Crippen LogP contribution in [-0.4, -0.2) is 54.7 Å². The summed E-state index contributed by atoms with van der Waals surface area (Å²) < 4.78 is 18.8. The fourth-order valence-corrected chi connectivity index (χ4v) is 7.02. The molecule has 0 aromatic heterocycles. The molecule has 0 spiro atoms. The van der Waals surface area contributed by atoms with Gasteiger partial charge in [0.25, 0.3) is 0 Å². The Morgan fingerprint density at radius 2 is 1.80 bits per heavy atom. The van der Waals surface area contributed by atoms with Crippen molar-refractivity contribution in [3.8, 4) is 0 Å². The topological polar surface area (TPSA) is 103 Å². The van der Waals surface area contributed by atoms with Gasteiger partial charge in [0.15, 0.2) is 0 Å². The summed E-state index contributed by atoms with van der Waals surface area (Å²) >= 11 is 0. The Labute approximate surface area is 242 Å². The van der Waals surface area contributed by atoms with Crippen molar-refractivity contribution in [2.24, 2.45) is 29.1 Å². The molecule has 228 valence electrons. The summed E-state index contributed by atoms with van der Waals surface area (Å²) in [5, 5.41) is 6.13. The van der Waals surface area contributed by atoms with Crippen molar-refractivity contribution >= 4 is 24.9 Å². The third kappa shape index (κ3) is 8.02. The van der Waals surface area contributed by atoms with Crippen LogP contribution in [0.1, 0.15) is 120 Å². The molecule has 4 aliphatic rings. The molecule has 4 rings (SSSR count). The summed E-state index contributed by atoms with van der Waals surface area (Å²) in [5.74, 6) is -0.454. The maximum absolute atomic E-state index is 13.7. The van der Waals surface area contributed by atoms with Gasteiger partial charge in [-0.2, -0.15) is 0 Å². The van der Waals surface area contributed by atoms with E-state index < -0.39 is 24.6 Å². The first-order valence-electron chi connectivity index (χ1n) is 15.7. The highest BCUT2D eigenvalue weighted by molar-refractivity contribution is 6.47. The van der Waals surface area contributed by atoms with Crippen LogP contribution in [0.15, 0.2) is 0 Å². The van der Waals surface area contributed by atoms with Gasteiger partial charge in [-0.1, -0.05) is 47.5 Å². The van der Waals surface area contributed by atoms with Crippen molar-refractivity contribution in [2.45, 2.75) is 143 Å². The highest BCUT2D eigenvalue weighted by Crippen LogP contribution is 2.65. The number of carbonyl (C=O) groups is 3. The van der Waals surface area contributed by atoms with Crippen molar-refractivity contribution in [1.82, 2.24) is 10.6 Å². The highest BCUT2D eigenvalue weighted by Gasteiger charge is 2.68. The lowest BCUT2D eigenvalue weighted by atomic mass is 9.43. The van der Waals surface area contributed by atoms with Crippen molar-refractivity contribution in [3.05, 3.63) is 0 Å². The molecule has 2 N–H and O–H groups in total. The first-order valence-corrected chi connectivity index (χ1v) is 15.7. The van der Waals surface area contributed by atoms with Gasteiger partial charge in [0, 0.05) is 18.9 Å². The molecule has 6 atom stereocenters. The maximum atomic E-state index is 13.7. The second kappa shape index (κ2) is 13.1. The first-order chi connectivity index (χ1) is 18.6. The zero-order chi connectivity index (χ0) is 29.9. The molecule has 3 aliphatic carbocycles. The van der Waals surface area contributed by atoms with Crippen LogP contribution >= 0.6 is 0 Å². The van der Waals surface area contributed by atoms with Crippen molar-refractivity contribution in [2.75, 3.05) is 6.54 Å². The predicted molar refractivity (Wildman–Crippen MR) is 157 cm³/mol. The van der Waals surface area contributed by atoms with Crippen LogP contribution in [0.5, 0.6) is 0 Å². The molecule has 3 saturated carbocycles. The van der Waals surface area contributed by atoms with E-state index in [9.17, 15) is 14.4 Å². The van der Waals surface area contributed by atoms with Gasteiger partial charge in [-0.3, -0.25) is 14.4 Å². The molecule has 1 heterocycles. The van der Waals surface area contributed by atoms with Gasteiger partial charge < -0.3 is 24.7 Å². The van der Waals surface area contributed by atoms with E-state index in [4.69, 9.17) is 14.0 Å². The Balaban J connectivity index is 1.69. The summed E-state index contributed by atoms with van der Waals surface area (Å²) in [6.45, 7) is 19.2. The third-order valence-electron chi connectivity index (χ3n) is 9.38. The molecular formula is C31H55BN2O6. The predicted octanol–water partition coefficient (Wildman–Crippen LogP) is 5.22. The number of ether oxygens (including phenoxy) is 1. The van der Waals surface area contributed by atoms with Gasteiger partial charge in [0.05, 0.1) is 24.1 Å². The summed E-state index contributed by atoms with van der Waals surface area (Å²) in [6, 6.07) is 0. The van der Waals surface area contributed by atoms with E-state index in [-0.39, 0.29) is 54.1 Å².